The fourth-order valence-electron chi connectivity index (χ4n) is 2.91. The predicted molar refractivity (Wildman–Crippen MR) is 92.7 cm³/mol. The van der Waals surface area contributed by atoms with Gasteiger partial charge in [-0.15, -0.1) is 5.54 Å². The van der Waals surface area contributed by atoms with E-state index in [9.17, 15) is 0 Å². The molecular weight excluding hydrogens is 290 g/mol. The van der Waals surface area contributed by atoms with E-state index in [1.54, 1.807) is 0 Å². The SMILES string of the molecule is C[Si](C)(C)C#Cc1ccc(N2CCC3(CC2)OCCO3)cc1. The summed E-state index contributed by atoms with van der Waals surface area (Å²) in [5, 5.41) is 0. The maximum atomic E-state index is 5.79. The van der Waals surface area contributed by atoms with Crippen molar-refractivity contribution in [3.05, 3.63) is 29.8 Å². The lowest BCUT2D eigenvalue weighted by molar-refractivity contribution is -0.169. The third kappa shape index (κ3) is 3.72. The highest BCUT2D eigenvalue weighted by atomic mass is 28.3. The van der Waals surface area contributed by atoms with Crippen LogP contribution >= 0.6 is 0 Å². The Morgan fingerprint density at radius 2 is 1.59 bits per heavy atom. The van der Waals surface area contributed by atoms with Gasteiger partial charge in [-0.1, -0.05) is 25.6 Å². The van der Waals surface area contributed by atoms with Crippen LogP contribution in [0, 0.1) is 11.5 Å². The van der Waals surface area contributed by atoms with Crippen LogP contribution in [0.3, 0.4) is 0 Å². The monoisotopic (exact) mass is 315 g/mol. The number of ether oxygens (including phenoxy) is 2. The maximum absolute atomic E-state index is 5.79. The summed E-state index contributed by atoms with van der Waals surface area (Å²) in [5.74, 6) is 3.02. The number of rotatable bonds is 1. The average molecular weight is 315 g/mol. The van der Waals surface area contributed by atoms with Crippen LogP contribution in [0.15, 0.2) is 24.3 Å². The molecule has 0 unspecified atom stereocenters. The standard InChI is InChI=1S/C18H25NO2Si/c1-22(2,3)15-8-16-4-6-17(7-5-16)19-11-9-18(10-12-19)20-13-14-21-18/h4-7H,9-14H2,1-3H3. The molecule has 118 valence electrons. The van der Waals surface area contributed by atoms with Gasteiger partial charge in [0.15, 0.2) is 5.79 Å². The van der Waals surface area contributed by atoms with Gasteiger partial charge in [-0.3, -0.25) is 0 Å². The molecule has 0 N–H and O–H groups in total. The summed E-state index contributed by atoms with van der Waals surface area (Å²) in [6, 6.07) is 8.63. The van der Waals surface area contributed by atoms with Crippen molar-refractivity contribution in [1.82, 2.24) is 0 Å². The van der Waals surface area contributed by atoms with E-state index in [1.807, 2.05) is 0 Å². The largest absolute Gasteiger partial charge is 0.371 e. The number of piperidine rings is 1. The van der Waals surface area contributed by atoms with Gasteiger partial charge in [0.1, 0.15) is 8.07 Å². The molecule has 1 aromatic carbocycles. The zero-order chi connectivity index (χ0) is 15.6. The van der Waals surface area contributed by atoms with E-state index >= 15 is 0 Å². The number of benzene rings is 1. The summed E-state index contributed by atoms with van der Waals surface area (Å²) < 4.78 is 11.6. The van der Waals surface area contributed by atoms with Gasteiger partial charge >= 0.3 is 0 Å². The van der Waals surface area contributed by atoms with Crippen molar-refractivity contribution in [1.29, 1.82) is 0 Å². The molecule has 2 saturated heterocycles. The van der Waals surface area contributed by atoms with E-state index in [2.05, 4.69) is 60.3 Å². The first kappa shape index (κ1) is 15.6. The van der Waals surface area contributed by atoms with E-state index in [4.69, 9.17) is 9.47 Å². The quantitative estimate of drug-likeness (QED) is 0.586. The third-order valence-corrected chi connectivity index (χ3v) is 5.03. The Balaban J connectivity index is 1.63. The molecule has 1 aromatic rings. The molecule has 2 heterocycles. The maximum Gasteiger partial charge on any atom is 0.171 e. The molecule has 3 rings (SSSR count). The molecule has 22 heavy (non-hydrogen) atoms. The Morgan fingerprint density at radius 1 is 1.00 bits per heavy atom. The number of nitrogens with zero attached hydrogens (tertiary/aromatic N) is 1. The van der Waals surface area contributed by atoms with Crippen LogP contribution in [0.25, 0.3) is 0 Å². The van der Waals surface area contributed by atoms with E-state index in [1.165, 1.54) is 5.69 Å². The second kappa shape index (κ2) is 6.08. The minimum absolute atomic E-state index is 0.292. The fraction of sp³-hybridized carbons (Fsp3) is 0.556. The van der Waals surface area contributed by atoms with Crippen molar-refractivity contribution >= 4 is 13.8 Å². The number of hydrogen-bond acceptors (Lipinski definition) is 3. The minimum Gasteiger partial charge on any atom is -0.371 e. The number of hydrogen-bond donors (Lipinski definition) is 0. The minimum atomic E-state index is -1.30. The normalized spacial score (nSPS) is 20.8. The van der Waals surface area contributed by atoms with Crippen LogP contribution in [0.1, 0.15) is 18.4 Å². The third-order valence-electron chi connectivity index (χ3n) is 4.15. The topological polar surface area (TPSA) is 21.7 Å². The summed E-state index contributed by atoms with van der Waals surface area (Å²) in [6.45, 7) is 10.3. The van der Waals surface area contributed by atoms with E-state index in [-0.39, 0.29) is 5.79 Å². The second-order valence-electron chi connectivity index (χ2n) is 7.14. The van der Waals surface area contributed by atoms with Crippen LogP contribution in [0.4, 0.5) is 5.69 Å². The van der Waals surface area contributed by atoms with E-state index in [0.717, 1.165) is 44.7 Å². The molecule has 3 nitrogen and oxygen atoms in total. The molecule has 2 fully saturated rings. The van der Waals surface area contributed by atoms with Crippen LogP contribution in [0.2, 0.25) is 19.6 Å². The molecule has 0 amide bonds. The fourth-order valence-corrected chi connectivity index (χ4v) is 3.43. The van der Waals surface area contributed by atoms with Gasteiger partial charge in [-0.25, -0.2) is 0 Å². The van der Waals surface area contributed by atoms with Crippen molar-refractivity contribution in [2.45, 2.75) is 38.3 Å². The van der Waals surface area contributed by atoms with Gasteiger partial charge in [0.25, 0.3) is 0 Å². The summed E-state index contributed by atoms with van der Waals surface area (Å²) >= 11 is 0. The molecule has 2 aliphatic heterocycles. The van der Waals surface area contributed by atoms with Gasteiger partial charge < -0.3 is 14.4 Å². The lowest BCUT2D eigenvalue weighted by Crippen LogP contribution is -2.45. The summed E-state index contributed by atoms with van der Waals surface area (Å²) in [5.41, 5.74) is 5.80. The number of anilines is 1. The van der Waals surface area contributed by atoms with Crippen molar-refractivity contribution in [2.75, 3.05) is 31.2 Å². The lowest BCUT2D eigenvalue weighted by atomic mass is 10.0. The van der Waals surface area contributed by atoms with Crippen molar-refractivity contribution in [2.24, 2.45) is 0 Å². The Morgan fingerprint density at radius 3 is 2.14 bits per heavy atom. The van der Waals surface area contributed by atoms with Gasteiger partial charge in [0, 0.05) is 37.2 Å². The van der Waals surface area contributed by atoms with Crippen LogP contribution in [0.5, 0.6) is 0 Å². The van der Waals surface area contributed by atoms with Crippen molar-refractivity contribution in [3.63, 3.8) is 0 Å². The summed E-state index contributed by atoms with van der Waals surface area (Å²) in [6.07, 6.45) is 1.90. The molecule has 0 radical (unpaired) electrons. The van der Waals surface area contributed by atoms with Crippen LogP contribution in [-0.4, -0.2) is 40.2 Å². The molecule has 4 heteroatoms. The molecule has 0 aliphatic carbocycles. The van der Waals surface area contributed by atoms with Gasteiger partial charge in [-0.2, -0.15) is 0 Å². The van der Waals surface area contributed by atoms with E-state index in [0.29, 0.717) is 0 Å². The Bertz CT molecular complexity index is 564. The first-order valence-electron chi connectivity index (χ1n) is 8.12. The van der Waals surface area contributed by atoms with Crippen molar-refractivity contribution in [3.8, 4) is 11.5 Å². The molecule has 2 aliphatic rings. The highest BCUT2D eigenvalue weighted by Gasteiger charge is 2.39. The zero-order valence-electron chi connectivity index (χ0n) is 13.8. The molecular formula is C18H25NO2Si. The first-order chi connectivity index (χ1) is 10.5. The van der Waals surface area contributed by atoms with Crippen LogP contribution in [-0.2, 0) is 9.47 Å². The highest BCUT2D eigenvalue weighted by Crippen LogP contribution is 2.33. The van der Waals surface area contributed by atoms with Gasteiger partial charge in [0.2, 0.25) is 0 Å². The van der Waals surface area contributed by atoms with E-state index < -0.39 is 8.07 Å². The molecule has 0 atom stereocenters. The van der Waals surface area contributed by atoms with Crippen LogP contribution < -0.4 is 4.90 Å². The highest BCUT2D eigenvalue weighted by molar-refractivity contribution is 6.83. The lowest BCUT2D eigenvalue weighted by Gasteiger charge is -2.38. The van der Waals surface area contributed by atoms with Crippen molar-refractivity contribution < 1.29 is 9.47 Å². The molecule has 1 spiro atoms. The first-order valence-corrected chi connectivity index (χ1v) is 11.6. The molecule has 0 saturated carbocycles. The van der Waals surface area contributed by atoms with Gasteiger partial charge in [-0.05, 0) is 24.3 Å². The predicted octanol–water partition coefficient (Wildman–Crippen LogP) is 3.26. The molecule has 0 aromatic heterocycles. The second-order valence-corrected chi connectivity index (χ2v) is 11.9. The van der Waals surface area contributed by atoms with Gasteiger partial charge in [0.05, 0.1) is 13.2 Å². The summed E-state index contributed by atoms with van der Waals surface area (Å²) in [4.78, 5) is 2.41. The Kier molecular flexibility index (Phi) is 4.31. The zero-order valence-corrected chi connectivity index (χ0v) is 14.8. The Labute approximate surface area is 134 Å². The Hall–Kier alpha value is -1.28. The summed E-state index contributed by atoms with van der Waals surface area (Å²) in [7, 11) is -1.30. The molecule has 0 bridgehead atoms. The average Bonchev–Trinajstić information content (AvgIpc) is 2.94. The smallest absolute Gasteiger partial charge is 0.171 e.